The van der Waals surface area contributed by atoms with E-state index in [-0.39, 0.29) is 38.0 Å². The molecule has 0 aliphatic rings. The summed E-state index contributed by atoms with van der Waals surface area (Å²) in [5.41, 5.74) is 9.33. The van der Waals surface area contributed by atoms with Crippen LogP contribution in [0.15, 0.2) is 41.7 Å². The molecule has 0 unspecified atom stereocenters. The summed E-state index contributed by atoms with van der Waals surface area (Å²) in [5, 5.41) is 4.90. The van der Waals surface area contributed by atoms with Crippen LogP contribution in [0.4, 0.5) is 15.3 Å². The zero-order valence-electron chi connectivity index (χ0n) is 39.2. The van der Waals surface area contributed by atoms with Crippen molar-refractivity contribution in [2.45, 2.75) is 108 Å². The predicted octanol–water partition coefficient (Wildman–Crippen LogP) is 8.76. The third-order valence-electron chi connectivity index (χ3n) is 9.17. The van der Waals surface area contributed by atoms with Crippen LogP contribution < -0.4 is 10.6 Å². The lowest BCUT2D eigenvalue weighted by Crippen LogP contribution is -2.40. The molecule has 2 aromatic carbocycles. The number of nitrogens with one attached hydrogen (secondary N) is 5. The Hall–Kier alpha value is -6.52. The number of aliphatic imine (C=N–C) groups is 1. The van der Waals surface area contributed by atoms with Gasteiger partial charge >= 0.3 is 12.2 Å². The molecule has 4 amide bonds. The summed E-state index contributed by atoms with van der Waals surface area (Å²) in [6, 6.07) is 8.15. The van der Waals surface area contributed by atoms with Crippen molar-refractivity contribution in [2.24, 2.45) is 4.99 Å². The number of methoxy groups -OCH3 is 2. The van der Waals surface area contributed by atoms with Crippen molar-refractivity contribution in [1.82, 2.24) is 50.3 Å². The molecule has 0 saturated heterocycles. The first-order chi connectivity index (χ1) is 30.2. The van der Waals surface area contributed by atoms with Gasteiger partial charge in [-0.1, -0.05) is 72.6 Å². The lowest BCUT2D eigenvalue weighted by Gasteiger charge is -2.21. The molecule has 63 heavy (non-hydrogen) atoms. The maximum absolute atomic E-state index is 12.9. The quantitative estimate of drug-likeness (QED) is 0.0598. The van der Waals surface area contributed by atoms with Crippen molar-refractivity contribution in [3.63, 3.8) is 0 Å². The summed E-state index contributed by atoms with van der Waals surface area (Å²) in [7, 11) is 2.50. The molecule has 342 valence electrons. The number of ether oxygens (including phenoxy) is 2. The van der Waals surface area contributed by atoms with Crippen LogP contribution in [0.5, 0.6) is 0 Å². The molecule has 0 atom stereocenters. The van der Waals surface area contributed by atoms with Gasteiger partial charge in [0.1, 0.15) is 30.6 Å². The van der Waals surface area contributed by atoms with E-state index >= 15 is 0 Å². The molecule has 0 aliphatic heterocycles. The summed E-state index contributed by atoms with van der Waals surface area (Å²) in [6.07, 6.45) is 6.12. The number of carbonyl (C=O) groups excluding carboxylic acids is 4. The fourth-order valence-corrected chi connectivity index (χ4v) is 6.54. The van der Waals surface area contributed by atoms with E-state index in [2.05, 4.69) is 84.9 Å². The number of amides is 4. The van der Waals surface area contributed by atoms with Crippen LogP contribution in [0.25, 0.3) is 44.7 Å². The molecule has 0 spiro atoms. The van der Waals surface area contributed by atoms with Crippen molar-refractivity contribution in [2.75, 3.05) is 40.4 Å². The van der Waals surface area contributed by atoms with Crippen LogP contribution in [-0.4, -0.2) is 110 Å². The lowest BCUT2D eigenvalue weighted by atomic mass is 9.93. The van der Waals surface area contributed by atoms with Gasteiger partial charge in [0.15, 0.2) is 0 Å². The van der Waals surface area contributed by atoms with Crippen molar-refractivity contribution in [1.29, 1.82) is 0 Å². The smallest absolute Gasteiger partial charge is 0.407 e. The predicted molar refractivity (Wildman–Crippen MR) is 249 cm³/mol. The molecule has 5 rings (SSSR count). The molecule has 3 heterocycles. The van der Waals surface area contributed by atoms with E-state index in [1.54, 1.807) is 22.2 Å². The monoisotopic (exact) mass is 870 g/mol. The Morgan fingerprint density at radius 2 is 1.11 bits per heavy atom. The molecule has 5 N–H and O–H groups in total. The molecule has 0 bridgehead atoms. The van der Waals surface area contributed by atoms with E-state index in [1.165, 1.54) is 27.1 Å². The Balaban J connectivity index is 0.00000166. The van der Waals surface area contributed by atoms with Crippen LogP contribution in [0, 0.1) is 13.8 Å². The number of nitrogens with zero attached hydrogens (tertiary/aromatic N) is 6. The number of imidazole rings is 3. The van der Waals surface area contributed by atoms with Gasteiger partial charge in [0.2, 0.25) is 11.8 Å². The topological polar surface area (TPSA) is 216 Å². The summed E-state index contributed by atoms with van der Waals surface area (Å²) in [6.45, 7) is 21.4. The number of hydrogen-bond acceptors (Lipinski definition) is 10. The highest BCUT2D eigenvalue weighted by molar-refractivity contribution is 6.02. The van der Waals surface area contributed by atoms with E-state index in [9.17, 15) is 19.2 Å². The summed E-state index contributed by atoms with van der Waals surface area (Å²) in [4.78, 5) is 81.4. The molecule has 3 aromatic heterocycles. The molecule has 0 radical (unpaired) electrons. The van der Waals surface area contributed by atoms with Crippen molar-refractivity contribution < 1.29 is 28.7 Å². The number of aromatic amines is 3. The molecule has 17 heteroatoms. The summed E-state index contributed by atoms with van der Waals surface area (Å²) < 4.78 is 9.19. The standard InChI is InChI=1S/C40H51N11O6.2C3H8/c1-9-15-50(34(52)19-43-39(54)56-7)21-32-41-17-30(48-32)28-13-11-26(24(5)36(28)45-23(3)4)27-12-14-29(38-37(27)46-25(6)47-38)31-18-42-33(49-31)22-51(16-10-2)35(53)20-44-40(55)57-8;2*1-3-2/h11-14,17-18H,9-10,15-16,19-22H2,1-8H3,(H,41,48)(H,42,49)(H,43,54)(H,44,55)(H,46,47);2*3H2,1-2H3. The minimum Gasteiger partial charge on any atom is -0.453 e. The number of aromatic nitrogens is 6. The van der Waals surface area contributed by atoms with Crippen molar-refractivity contribution >= 4 is 46.4 Å². The molecular formula is C46H67N11O6. The number of alkyl carbamates (subject to hydrolysis) is 2. The Morgan fingerprint density at radius 1 is 0.667 bits per heavy atom. The average Bonchev–Trinajstić information content (AvgIpc) is 4.02. The van der Waals surface area contributed by atoms with Crippen LogP contribution in [0.3, 0.4) is 0 Å². The second-order valence-electron chi connectivity index (χ2n) is 15.1. The van der Waals surface area contributed by atoms with Crippen LogP contribution in [0.1, 0.15) is 104 Å². The second kappa shape index (κ2) is 25.4. The molecular weight excluding hydrogens is 803 g/mol. The first kappa shape index (κ1) is 50.8. The van der Waals surface area contributed by atoms with Gasteiger partial charge in [-0.05, 0) is 57.7 Å². The Kier molecular flexibility index (Phi) is 20.5. The largest absolute Gasteiger partial charge is 0.453 e. The zero-order chi connectivity index (χ0) is 46.6. The molecule has 17 nitrogen and oxygen atoms in total. The number of rotatable bonds is 16. The highest BCUT2D eigenvalue weighted by Crippen LogP contribution is 2.41. The van der Waals surface area contributed by atoms with Crippen LogP contribution >= 0.6 is 0 Å². The van der Waals surface area contributed by atoms with Gasteiger partial charge in [-0.2, -0.15) is 0 Å². The normalized spacial score (nSPS) is 10.5. The highest BCUT2D eigenvalue weighted by Gasteiger charge is 2.22. The first-order valence-corrected chi connectivity index (χ1v) is 21.6. The van der Waals surface area contributed by atoms with E-state index in [1.807, 2.05) is 53.7 Å². The minimum absolute atomic E-state index is 0.179. The number of carbonyl (C=O) groups is 4. The van der Waals surface area contributed by atoms with E-state index in [0.717, 1.165) is 80.3 Å². The van der Waals surface area contributed by atoms with Crippen molar-refractivity contribution in [3.05, 3.63) is 59.7 Å². The van der Waals surface area contributed by atoms with E-state index in [0.29, 0.717) is 24.7 Å². The van der Waals surface area contributed by atoms with Crippen LogP contribution in [-0.2, 0) is 32.2 Å². The Labute approximate surface area is 371 Å². The van der Waals surface area contributed by atoms with Gasteiger partial charge in [-0.15, -0.1) is 0 Å². The lowest BCUT2D eigenvalue weighted by molar-refractivity contribution is -0.131. The maximum Gasteiger partial charge on any atom is 0.407 e. The Bertz CT molecular complexity index is 2300. The SMILES string of the molecule is CCC.CCC.CCCN(Cc1ncc(-c2ccc(-c3ccc(-c4cnc(CN(CCC)C(=O)CNC(=O)OC)[nH]4)c4nc(C)[nH]c34)c(C)c2N=C(C)C)[nH]1)C(=O)CNC(=O)OC. The zero-order valence-corrected chi connectivity index (χ0v) is 39.2. The molecule has 0 fully saturated rings. The number of fused-ring (bicyclic) bond motifs is 1. The minimum atomic E-state index is -0.668. The van der Waals surface area contributed by atoms with Crippen molar-refractivity contribution in [3.8, 4) is 33.6 Å². The highest BCUT2D eigenvalue weighted by atomic mass is 16.5. The third kappa shape index (κ3) is 14.3. The fraction of sp³-hybridized carbons (Fsp3) is 0.478. The summed E-state index contributed by atoms with van der Waals surface area (Å²) >= 11 is 0. The number of H-pyrrole nitrogens is 3. The van der Waals surface area contributed by atoms with Crippen LogP contribution in [0.2, 0.25) is 0 Å². The van der Waals surface area contributed by atoms with E-state index < -0.39 is 12.2 Å². The van der Waals surface area contributed by atoms with Gasteiger partial charge in [-0.25, -0.2) is 24.5 Å². The number of hydrogen-bond donors (Lipinski definition) is 5. The van der Waals surface area contributed by atoms with E-state index in [4.69, 9.17) is 9.98 Å². The number of aryl methyl sites for hydroxylation is 1. The van der Waals surface area contributed by atoms with Gasteiger partial charge < -0.3 is 44.9 Å². The number of benzene rings is 2. The molecule has 0 aliphatic carbocycles. The van der Waals surface area contributed by atoms with Gasteiger partial charge in [0.05, 0.1) is 67.8 Å². The Morgan fingerprint density at radius 3 is 1.57 bits per heavy atom. The fourth-order valence-electron chi connectivity index (χ4n) is 6.54. The average molecular weight is 870 g/mol. The summed E-state index contributed by atoms with van der Waals surface area (Å²) in [5.74, 6) is 1.45. The van der Waals surface area contributed by atoms with Gasteiger partial charge in [0, 0.05) is 35.5 Å². The second-order valence-corrected chi connectivity index (χ2v) is 15.1. The van der Waals surface area contributed by atoms with Gasteiger partial charge in [0.25, 0.3) is 0 Å². The third-order valence-corrected chi connectivity index (χ3v) is 9.17. The van der Waals surface area contributed by atoms with Gasteiger partial charge in [-0.3, -0.25) is 14.6 Å². The maximum atomic E-state index is 12.9. The first-order valence-electron chi connectivity index (χ1n) is 21.6. The molecule has 0 saturated carbocycles. The molecule has 5 aromatic rings.